The number of hydrogen-bond donors (Lipinski definition) is 2. The van der Waals surface area contributed by atoms with E-state index in [4.69, 9.17) is 4.42 Å². The molecular formula is C19H23N3O4. The third-order valence-electron chi connectivity index (χ3n) is 4.48. The minimum atomic E-state index is -0.880. The van der Waals surface area contributed by atoms with E-state index in [1.807, 2.05) is 37.3 Å². The molecular weight excluding hydrogens is 334 g/mol. The largest absolute Gasteiger partial charge is 0.459 e. The Morgan fingerprint density at radius 2 is 2.04 bits per heavy atom. The van der Waals surface area contributed by atoms with Gasteiger partial charge in [-0.2, -0.15) is 0 Å². The zero-order chi connectivity index (χ0) is 18.9. The fourth-order valence-corrected chi connectivity index (χ4v) is 3.02. The summed E-state index contributed by atoms with van der Waals surface area (Å²) in [6, 6.07) is 8.92. The molecule has 1 saturated heterocycles. The maximum atomic E-state index is 12.1. The van der Waals surface area contributed by atoms with Crippen molar-refractivity contribution in [2.75, 3.05) is 6.54 Å². The minimum absolute atomic E-state index is 0.149. The van der Waals surface area contributed by atoms with Crippen LogP contribution in [0.5, 0.6) is 0 Å². The minimum Gasteiger partial charge on any atom is -0.459 e. The number of urea groups is 1. The lowest BCUT2D eigenvalue weighted by atomic mass is 10.1. The van der Waals surface area contributed by atoms with Gasteiger partial charge in [-0.3, -0.25) is 14.5 Å². The number of imide groups is 1. The predicted molar refractivity (Wildman–Crippen MR) is 96.3 cm³/mol. The second-order valence-electron chi connectivity index (χ2n) is 7.09. The molecule has 0 bridgehead atoms. The number of benzene rings is 1. The molecule has 2 aromatic rings. The lowest BCUT2D eigenvalue weighted by Gasteiger charge is -2.16. The number of fused-ring (bicyclic) bond motifs is 1. The molecule has 2 heterocycles. The molecule has 0 radical (unpaired) electrons. The molecule has 7 heteroatoms. The normalized spacial score (nSPS) is 17.4. The molecule has 3 rings (SSSR count). The molecule has 138 valence electrons. The third kappa shape index (κ3) is 3.56. The fourth-order valence-electron chi connectivity index (χ4n) is 3.02. The first kappa shape index (κ1) is 18.0. The Morgan fingerprint density at radius 1 is 1.31 bits per heavy atom. The van der Waals surface area contributed by atoms with Crippen molar-refractivity contribution in [3.8, 4) is 0 Å². The van der Waals surface area contributed by atoms with Gasteiger partial charge in [-0.15, -0.1) is 0 Å². The molecule has 2 N–H and O–H groups in total. The van der Waals surface area contributed by atoms with Gasteiger partial charge in [0, 0.05) is 18.4 Å². The van der Waals surface area contributed by atoms with Gasteiger partial charge in [0.25, 0.3) is 5.91 Å². The van der Waals surface area contributed by atoms with Crippen LogP contribution in [0.1, 0.15) is 45.4 Å². The molecule has 1 atom stereocenters. The van der Waals surface area contributed by atoms with Crippen molar-refractivity contribution >= 4 is 28.8 Å². The van der Waals surface area contributed by atoms with Gasteiger partial charge < -0.3 is 15.1 Å². The Kier molecular flexibility index (Phi) is 4.71. The Morgan fingerprint density at radius 3 is 2.69 bits per heavy atom. The molecule has 1 fully saturated rings. The number of furan rings is 1. The van der Waals surface area contributed by atoms with Gasteiger partial charge in [-0.25, -0.2) is 4.79 Å². The summed E-state index contributed by atoms with van der Waals surface area (Å²) >= 11 is 0. The van der Waals surface area contributed by atoms with Crippen LogP contribution in [0.2, 0.25) is 0 Å². The average Bonchev–Trinajstić information content (AvgIpc) is 3.09. The summed E-state index contributed by atoms with van der Waals surface area (Å²) in [4.78, 5) is 37.2. The van der Waals surface area contributed by atoms with Crippen LogP contribution < -0.4 is 10.6 Å². The first-order chi connectivity index (χ1) is 12.3. The lowest BCUT2D eigenvalue weighted by Crippen LogP contribution is -2.40. The summed E-state index contributed by atoms with van der Waals surface area (Å²) < 4.78 is 5.75. The van der Waals surface area contributed by atoms with Crippen LogP contribution in [0, 0.1) is 0 Å². The summed E-state index contributed by atoms with van der Waals surface area (Å²) in [5.41, 5.74) is -0.0976. The van der Waals surface area contributed by atoms with E-state index in [1.165, 1.54) is 0 Å². The summed E-state index contributed by atoms with van der Waals surface area (Å²) in [5.74, 6) is 0.276. The first-order valence-electron chi connectivity index (χ1n) is 8.70. The summed E-state index contributed by atoms with van der Waals surface area (Å²) in [6.07, 6.45) is 0.635. The number of hydrogen-bond acceptors (Lipinski definition) is 4. The van der Waals surface area contributed by atoms with E-state index < -0.39 is 11.6 Å². The topological polar surface area (TPSA) is 91.7 Å². The number of carbonyl (C=O) groups excluding carboxylic acids is 3. The van der Waals surface area contributed by atoms with Crippen LogP contribution in [0.25, 0.3) is 11.0 Å². The van der Waals surface area contributed by atoms with Crippen molar-refractivity contribution in [3.63, 3.8) is 0 Å². The number of para-hydroxylation sites is 1. The van der Waals surface area contributed by atoms with Gasteiger partial charge in [-0.1, -0.05) is 18.2 Å². The fraction of sp³-hybridized carbons (Fsp3) is 0.421. The number of amides is 4. The second kappa shape index (κ2) is 6.82. The van der Waals surface area contributed by atoms with Gasteiger partial charge in [0.15, 0.2) is 0 Å². The highest BCUT2D eigenvalue weighted by molar-refractivity contribution is 6.06. The van der Waals surface area contributed by atoms with E-state index in [0.717, 1.165) is 15.9 Å². The van der Waals surface area contributed by atoms with Crippen molar-refractivity contribution in [2.45, 2.75) is 45.2 Å². The molecule has 1 aliphatic rings. The van der Waals surface area contributed by atoms with Crippen LogP contribution in [-0.4, -0.2) is 34.8 Å². The molecule has 4 amide bonds. The third-order valence-corrected chi connectivity index (χ3v) is 4.48. The summed E-state index contributed by atoms with van der Waals surface area (Å²) in [6.45, 7) is 5.40. The van der Waals surface area contributed by atoms with Crippen LogP contribution in [-0.2, 0) is 9.59 Å². The maximum absolute atomic E-state index is 12.1. The van der Waals surface area contributed by atoms with E-state index in [1.54, 1.807) is 13.8 Å². The summed E-state index contributed by atoms with van der Waals surface area (Å²) in [5, 5.41) is 6.50. The lowest BCUT2D eigenvalue weighted by molar-refractivity contribution is -0.130. The molecule has 0 saturated carbocycles. The standard InChI is InChI=1S/C19H23N3O4/c1-12(15-11-13-7-4-5-8-14(13)26-15)20-16(23)9-6-10-22-17(24)19(2,3)21-18(22)25/h4-5,7-8,11-12H,6,9-10H2,1-3H3,(H,20,23)(H,21,25). The first-order valence-corrected chi connectivity index (χ1v) is 8.70. The molecule has 0 aliphatic carbocycles. The second-order valence-corrected chi connectivity index (χ2v) is 7.09. The Labute approximate surface area is 151 Å². The quantitative estimate of drug-likeness (QED) is 0.778. The molecule has 1 unspecified atom stereocenters. The van der Waals surface area contributed by atoms with Crippen molar-refractivity contribution in [1.29, 1.82) is 0 Å². The highest BCUT2D eigenvalue weighted by Crippen LogP contribution is 2.23. The van der Waals surface area contributed by atoms with Gasteiger partial charge >= 0.3 is 6.03 Å². The monoisotopic (exact) mass is 357 g/mol. The van der Waals surface area contributed by atoms with E-state index in [-0.39, 0.29) is 30.8 Å². The van der Waals surface area contributed by atoms with Crippen molar-refractivity contribution in [3.05, 3.63) is 36.1 Å². The van der Waals surface area contributed by atoms with Crippen molar-refractivity contribution in [2.24, 2.45) is 0 Å². The molecule has 1 aliphatic heterocycles. The Hall–Kier alpha value is -2.83. The van der Waals surface area contributed by atoms with Crippen molar-refractivity contribution in [1.82, 2.24) is 15.5 Å². The van der Waals surface area contributed by atoms with Gasteiger partial charge in [0.1, 0.15) is 16.9 Å². The van der Waals surface area contributed by atoms with Crippen LogP contribution in [0.3, 0.4) is 0 Å². The molecule has 1 aromatic carbocycles. The average molecular weight is 357 g/mol. The zero-order valence-corrected chi connectivity index (χ0v) is 15.2. The van der Waals surface area contributed by atoms with Gasteiger partial charge in [-0.05, 0) is 39.3 Å². The van der Waals surface area contributed by atoms with Crippen molar-refractivity contribution < 1.29 is 18.8 Å². The van der Waals surface area contributed by atoms with Crippen LogP contribution in [0.15, 0.2) is 34.7 Å². The van der Waals surface area contributed by atoms with Crippen LogP contribution >= 0.6 is 0 Å². The van der Waals surface area contributed by atoms with E-state index in [2.05, 4.69) is 10.6 Å². The zero-order valence-electron chi connectivity index (χ0n) is 15.2. The SMILES string of the molecule is CC(NC(=O)CCCN1C(=O)NC(C)(C)C1=O)c1cc2ccccc2o1. The number of nitrogens with one attached hydrogen (secondary N) is 2. The molecule has 1 aromatic heterocycles. The highest BCUT2D eigenvalue weighted by atomic mass is 16.3. The smallest absolute Gasteiger partial charge is 0.325 e. The highest BCUT2D eigenvalue weighted by Gasteiger charge is 2.43. The number of rotatable bonds is 6. The van der Waals surface area contributed by atoms with E-state index in [9.17, 15) is 14.4 Å². The molecule has 0 spiro atoms. The number of carbonyl (C=O) groups is 3. The van der Waals surface area contributed by atoms with Gasteiger partial charge in [0.2, 0.25) is 5.91 Å². The van der Waals surface area contributed by atoms with Crippen LogP contribution in [0.4, 0.5) is 4.79 Å². The molecule has 7 nitrogen and oxygen atoms in total. The van der Waals surface area contributed by atoms with Gasteiger partial charge in [0.05, 0.1) is 6.04 Å². The number of nitrogens with zero attached hydrogens (tertiary/aromatic N) is 1. The summed E-state index contributed by atoms with van der Waals surface area (Å²) in [7, 11) is 0. The Balaban J connectivity index is 1.50. The molecule has 26 heavy (non-hydrogen) atoms. The predicted octanol–water partition coefficient (Wildman–Crippen LogP) is 2.72. The van der Waals surface area contributed by atoms with E-state index >= 15 is 0 Å². The van der Waals surface area contributed by atoms with E-state index in [0.29, 0.717) is 12.2 Å². The maximum Gasteiger partial charge on any atom is 0.325 e. The Bertz CT molecular complexity index is 822.